The Kier molecular flexibility index (Phi) is 3.50. The molecule has 1 atom stereocenters. The molecule has 1 aromatic carbocycles. The minimum atomic E-state index is 0.0911. The van der Waals surface area contributed by atoms with E-state index in [4.69, 9.17) is 16.9 Å². The molecule has 1 aliphatic heterocycles. The van der Waals surface area contributed by atoms with Crippen LogP contribution in [0.15, 0.2) is 18.2 Å². The van der Waals surface area contributed by atoms with Gasteiger partial charge in [-0.05, 0) is 24.6 Å². The molecule has 0 saturated carbocycles. The molecule has 2 rings (SSSR count). The third-order valence-electron chi connectivity index (χ3n) is 2.73. The van der Waals surface area contributed by atoms with Gasteiger partial charge in [-0.2, -0.15) is 5.26 Å². The second kappa shape index (κ2) is 5.07. The van der Waals surface area contributed by atoms with Crippen LogP contribution in [0.3, 0.4) is 0 Å². The largest absolute Gasteiger partial charge is 0.382 e. The van der Waals surface area contributed by atoms with Crippen LogP contribution in [0.25, 0.3) is 0 Å². The number of amides is 1. The molecular weight excluding hydrogens is 238 g/mol. The number of nitriles is 1. The number of hydrogen-bond donors (Lipinski definition) is 2. The van der Waals surface area contributed by atoms with Crippen molar-refractivity contribution in [1.29, 1.82) is 5.26 Å². The molecule has 5 heteroatoms. The van der Waals surface area contributed by atoms with Gasteiger partial charge in [-0.1, -0.05) is 11.6 Å². The molecule has 0 bridgehead atoms. The first-order chi connectivity index (χ1) is 8.19. The Morgan fingerprint density at radius 1 is 1.59 bits per heavy atom. The number of carbonyl (C=O) groups is 1. The Morgan fingerprint density at radius 3 is 3.06 bits per heavy atom. The summed E-state index contributed by atoms with van der Waals surface area (Å²) >= 11 is 5.81. The number of rotatable bonds is 3. The standard InChI is InChI=1S/C12H12ClN3O/c13-9-1-3-11(8(5-9)6-14)15-7-10-2-4-12(17)16-10/h1,3,5,10,15H,2,4,7H2,(H,16,17). The van der Waals surface area contributed by atoms with Crippen LogP contribution >= 0.6 is 11.6 Å². The van der Waals surface area contributed by atoms with Gasteiger partial charge in [-0.3, -0.25) is 4.79 Å². The number of nitrogens with one attached hydrogen (secondary N) is 2. The van der Waals surface area contributed by atoms with Crippen molar-refractivity contribution in [2.75, 3.05) is 11.9 Å². The maximum Gasteiger partial charge on any atom is 0.220 e. The van der Waals surface area contributed by atoms with E-state index in [1.165, 1.54) is 0 Å². The molecule has 1 unspecified atom stereocenters. The zero-order valence-electron chi connectivity index (χ0n) is 9.16. The predicted molar refractivity (Wildman–Crippen MR) is 65.8 cm³/mol. The van der Waals surface area contributed by atoms with Gasteiger partial charge in [-0.25, -0.2) is 0 Å². The number of carbonyl (C=O) groups excluding carboxylic acids is 1. The van der Waals surface area contributed by atoms with Crippen LogP contribution in [0.4, 0.5) is 5.69 Å². The molecule has 1 fully saturated rings. The van der Waals surface area contributed by atoms with Gasteiger partial charge in [0.1, 0.15) is 6.07 Å². The van der Waals surface area contributed by atoms with Crippen molar-refractivity contribution < 1.29 is 4.79 Å². The van der Waals surface area contributed by atoms with Crippen LogP contribution in [0, 0.1) is 11.3 Å². The summed E-state index contributed by atoms with van der Waals surface area (Å²) in [7, 11) is 0. The molecule has 1 heterocycles. The van der Waals surface area contributed by atoms with Crippen LogP contribution in [0.5, 0.6) is 0 Å². The lowest BCUT2D eigenvalue weighted by Crippen LogP contribution is -2.31. The molecule has 17 heavy (non-hydrogen) atoms. The fourth-order valence-electron chi connectivity index (χ4n) is 1.83. The second-order valence-corrected chi connectivity index (χ2v) is 4.42. The van der Waals surface area contributed by atoms with Crippen LogP contribution in [-0.2, 0) is 4.79 Å². The SMILES string of the molecule is N#Cc1cc(Cl)ccc1NCC1CCC(=O)N1. The van der Waals surface area contributed by atoms with Gasteiger partial charge in [0.15, 0.2) is 0 Å². The fourth-order valence-corrected chi connectivity index (χ4v) is 2.00. The van der Waals surface area contributed by atoms with E-state index in [0.29, 0.717) is 23.6 Å². The smallest absolute Gasteiger partial charge is 0.220 e. The zero-order chi connectivity index (χ0) is 12.3. The van der Waals surface area contributed by atoms with E-state index >= 15 is 0 Å². The third kappa shape index (κ3) is 2.89. The fraction of sp³-hybridized carbons (Fsp3) is 0.333. The summed E-state index contributed by atoms with van der Waals surface area (Å²) in [6, 6.07) is 7.36. The predicted octanol–water partition coefficient (Wildman–Crippen LogP) is 1.90. The van der Waals surface area contributed by atoms with Gasteiger partial charge >= 0.3 is 0 Å². The molecule has 1 aliphatic rings. The summed E-state index contributed by atoms with van der Waals surface area (Å²) in [4.78, 5) is 11.0. The quantitative estimate of drug-likeness (QED) is 0.860. The molecule has 0 spiro atoms. The molecule has 1 amide bonds. The molecule has 88 valence electrons. The van der Waals surface area contributed by atoms with Gasteiger partial charge in [0.25, 0.3) is 0 Å². The average molecular weight is 250 g/mol. The van der Waals surface area contributed by atoms with Crippen LogP contribution < -0.4 is 10.6 Å². The molecule has 1 saturated heterocycles. The van der Waals surface area contributed by atoms with Crippen LogP contribution in [0.2, 0.25) is 5.02 Å². The van der Waals surface area contributed by atoms with Crippen LogP contribution in [0.1, 0.15) is 18.4 Å². The molecule has 2 N–H and O–H groups in total. The monoisotopic (exact) mass is 249 g/mol. The summed E-state index contributed by atoms with van der Waals surface area (Å²) in [6.45, 7) is 0.627. The molecule has 1 aromatic rings. The van der Waals surface area contributed by atoms with Crippen molar-refractivity contribution in [3.63, 3.8) is 0 Å². The number of benzene rings is 1. The van der Waals surface area contributed by atoms with E-state index in [-0.39, 0.29) is 11.9 Å². The Labute approximate surface area is 105 Å². The highest BCUT2D eigenvalue weighted by Crippen LogP contribution is 2.20. The molecular formula is C12H12ClN3O. The van der Waals surface area contributed by atoms with Gasteiger partial charge < -0.3 is 10.6 Å². The highest BCUT2D eigenvalue weighted by atomic mass is 35.5. The van der Waals surface area contributed by atoms with Gasteiger partial charge in [0.2, 0.25) is 5.91 Å². The molecule has 0 aromatic heterocycles. The van der Waals surface area contributed by atoms with Gasteiger partial charge in [0.05, 0.1) is 11.3 Å². The van der Waals surface area contributed by atoms with E-state index in [1.807, 2.05) is 0 Å². The lowest BCUT2D eigenvalue weighted by molar-refractivity contribution is -0.119. The lowest BCUT2D eigenvalue weighted by atomic mass is 10.1. The Balaban J connectivity index is 1.99. The van der Waals surface area contributed by atoms with Gasteiger partial charge in [0, 0.05) is 24.0 Å². The Bertz CT molecular complexity index is 481. The highest BCUT2D eigenvalue weighted by Gasteiger charge is 2.20. The molecule has 0 radical (unpaired) electrons. The van der Waals surface area contributed by atoms with E-state index in [0.717, 1.165) is 12.1 Å². The maximum absolute atomic E-state index is 11.0. The van der Waals surface area contributed by atoms with E-state index in [9.17, 15) is 4.79 Å². The average Bonchev–Trinajstić information content (AvgIpc) is 2.73. The van der Waals surface area contributed by atoms with Crippen molar-refractivity contribution in [2.45, 2.75) is 18.9 Å². The first-order valence-corrected chi connectivity index (χ1v) is 5.79. The Morgan fingerprint density at radius 2 is 2.41 bits per heavy atom. The Hall–Kier alpha value is -1.73. The molecule has 4 nitrogen and oxygen atoms in total. The maximum atomic E-state index is 11.0. The first kappa shape index (κ1) is 11.7. The summed E-state index contributed by atoms with van der Waals surface area (Å²) in [5, 5.41) is 15.5. The highest BCUT2D eigenvalue weighted by molar-refractivity contribution is 6.30. The van der Waals surface area contributed by atoms with Crippen molar-refractivity contribution in [2.24, 2.45) is 0 Å². The van der Waals surface area contributed by atoms with Gasteiger partial charge in [-0.15, -0.1) is 0 Å². The number of nitrogens with zero attached hydrogens (tertiary/aromatic N) is 1. The molecule has 0 aliphatic carbocycles. The topological polar surface area (TPSA) is 64.9 Å². The van der Waals surface area contributed by atoms with Crippen molar-refractivity contribution >= 4 is 23.2 Å². The minimum Gasteiger partial charge on any atom is -0.382 e. The van der Waals surface area contributed by atoms with E-state index in [1.54, 1.807) is 18.2 Å². The third-order valence-corrected chi connectivity index (χ3v) is 2.96. The number of halogens is 1. The summed E-state index contributed by atoms with van der Waals surface area (Å²) in [5.74, 6) is 0.0911. The van der Waals surface area contributed by atoms with Crippen molar-refractivity contribution in [3.05, 3.63) is 28.8 Å². The second-order valence-electron chi connectivity index (χ2n) is 3.99. The number of anilines is 1. The van der Waals surface area contributed by atoms with E-state index in [2.05, 4.69) is 16.7 Å². The van der Waals surface area contributed by atoms with Crippen molar-refractivity contribution in [3.8, 4) is 6.07 Å². The minimum absolute atomic E-state index is 0.0911. The van der Waals surface area contributed by atoms with E-state index < -0.39 is 0 Å². The van der Waals surface area contributed by atoms with Crippen LogP contribution in [-0.4, -0.2) is 18.5 Å². The summed E-state index contributed by atoms with van der Waals surface area (Å²) < 4.78 is 0. The summed E-state index contributed by atoms with van der Waals surface area (Å²) in [5.41, 5.74) is 1.26. The normalized spacial score (nSPS) is 18.6. The first-order valence-electron chi connectivity index (χ1n) is 5.42. The van der Waals surface area contributed by atoms with Crippen molar-refractivity contribution in [1.82, 2.24) is 5.32 Å². The zero-order valence-corrected chi connectivity index (χ0v) is 9.92. The number of hydrogen-bond acceptors (Lipinski definition) is 3. The lowest BCUT2D eigenvalue weighted by Gasteiger charge is -2.13. The summed E-state index contributed by atoms with van der Waals surface area (Å²) in [6.07, 6.45) is 1.42.